The van der Waals surface area contributed by atoms with Crippen molar-refractivity contribution in [1.82, 2.24) is 0 Å². The van der Waals surface area contributed by atoms with Gasteiger partial charge in [-0.1, -0.05) is 30.8 Å². The molecule has 0 aliphatic carbocycles. The quantitative estimate of drug-likeness (QED) is 0.315. The number of benzene rings is 1. The summed E-state index contributed by atoms with van der Waals surface area (Å²) in [6.07, 6.45) is 1.60. The molecule has 0 atom stereocenters. The lowest BCUT2D eigenvalue weighted by Crippen LogP contribution is -2.37. The molecule has 0 bridgehead atoms. The van der Waals surface area contributed by atoms with Gasteiger partial charge >= 0.3 is 15.3 Å². The highest BCUT2D eigenvalue weighted by molar-refractivity contribution is 6.61. The molecule has 0 aromatic heterocycles. The van der Waals surface area contributed by atoms with Crippen LogP contribution in [0.15, 0.2) is 36.4 Å². The van der Waals surface area contributed by atoms with Gasteiger partial charge in [0, 0.05) is 19.8 Å². The Kier molecular flexibility index (Phi) is 7.21. The summed E-state index contributed by atoms with van der Waals surface area (Å²) < 4.78 is 15.9. The summed E-state index contributed by atoms with van der Waals surface area (Å²) in [5.74, 6) is -0.334. The summed E-state index contributed by atoms with van der Waals surface area (Å²) in [5.41, 5.74) is 1.62. The first kappa shape index (κ1) is 16.6. The van der Waals surface area contributed by atoms with Gasteiger partial charge in [0.25, 0.3) is 0 Å². The number of aryl methyl sites for hydroxylation is 1. The minimum Gasteiger partial charge on any atom is -0.462 e. The van der Waals surface area contributed by atoms with Crippen molar-refractivity contribution in [2.24, 2.45) is 0 Å². The Morgan fingerprint density at radius 3 is 2.50 bits per heavy atom. The van der Waals surface area contributed by atoms with Gasteiger partial charge < -0.3 is 13.6 Å². The second-order valence-electron chi connectivity index (χ2n) is 4.52. The zero-order valence-corrected chi connectivity index (χ0v) is 13.5. The van der Waals surface area contributed by atoms with Crippen LogP contribution in [0.1, 0.15) is 18.9 Å². The van der Waals surface area contributed by atoms with E-state index in [0.29, 0.717) is 12.2 Å². The molecule has 0 unspecified atom stereocenters. The molecule has 0 saturated carbocycles. The van der Waals surface area contributed by atoms with Crippen LogP contribution in [0, 0.1) is 0 Å². The summed E-state index contributed by atoms with van der Waals surface area (Å²) in [6.45, 7) is 5.59. The highest BCUT2D eigenvalue weighted by Crippen LogP contribution is 2.04. The van der Waals surface area contributed by atoms with E-state index in [4.69, 9.17) is 13.6 Å². The lowest BCUT2D eigenvalue weighted by atomic mass is 10.1. The van der Waals surface area contributed by atoms with E-state index in [-0.39, 0.29) is 5.97 Å². The van der Waals surface area contributed by atoms with Crippen molar-refractivity contribution in [2.75, 3.05) is 20.8 Å². The van der Waals surface area contributed by atoms with Crippen molar-refractivity contribution in [3.63, 3.8) is 0 Å². The molecule has 4 nitrogen and oxygen atoms in total. The van der Waals surface area contributed by atoms with Crippen LogP contribution in [-0.4, -0.2) is 36.1 Å². The minimum absolute atomic E-state index is 0.334. The van der Waals surface area contributed by atoms with E-state index >= 15 is 0 Å². The Balaban J connectivity index is 2.56. The standard InChI is InChI=1S/C15H22O4Si/c1-12(2)15(16)19-11-7-9-13-8-5-6-10-14(13)20(17-3)18-4/h5-6,8,10,20H,1,7,9,11H2,2-4H3. The maximum Gasteiger partial charge on any atom is 0.355 e. The maximum atomic E-state index is 11.3. The number of ether oxygens (including phenoxy) is 1. The predicted octanol–water partition coefficient (Wildman–Crippen LogP) is 1.46. The number of hydrogen-bond acceptors (Lipinski definition) is 4. The summed E-state index contributed by atoms with van der Waals surface area (Å²) in [6, 6.07) is 8.08. The van der Waals surface area contributed by atoms with Crippen molar-refractivity contribution < 1.29 is 18.4 Å². The molecule has 1 rings (SSSR count). The molecule has 0 heterocycles. The van der Waals surface area contributed by atoms with E-state index in [2.05, 4.69) is 12.6 Å². The molecule has 110 valence electrons. The van der Waals surface area contributed by atoms with Crippen molar-refractivity contribution in [3.8, 4) is 0 Å². The molecular weight excluding hydrogens is 272 g/mol. The van der Waals surface area contributed by atoms with E-state index in [1.807, 2.05) is 18.2 Å². The molecule has 0 amide bonds. The topological polar surface area (TPSA) is 44.8 Å². The molecule has 5 heteroatoms. The molecule has 0 aliphatic rings. The third kappa shape index (κ3) is 4.92. The van der Waals surface area contributed by atoms with E-state index in [1.54, 1.807) is 21.1 Å². The van der Waals surface area contributed by atoms with Crippen LogP contribution in [-0.2, 0) is 24.8 Å². The molecule has 1 aromatic rings. The fourth-order valence-electron chi connectivity index (χ4n) is 1.89. The zero-order valence-electron chi connectivity index (χ0n) is 12.3. The lowest BCUT2D eigenvalue weighted by Gasteiger charge is -2.15. The number of rotatable bonds is 8. The van der Waals surface area contributed by atoms with E-state index in [9.17, 15) is 4.79 Å². The van der Waals surface area contributed by atoms with Crippen molar-refractivity contribution in [2.45, 2.75) is 19.8 Å². The van der Waals surface area contributed by atoms with Crippen LogP contribution in [0.3, 0.4) is 0 Å². The molecule has 20 heavy (non-hydrogen) atoms. The van der Waals surface area contributed by atoms with Gasteiger partial charge in [-0.25, -0.2) is 4.79 Å². The molecule has 0 N–H and O–H groups in total. The Bertz CT molecular complexity index is 455. The normalized spacial score (nSPS) is 10.6. The largest absolute Gasteiger partial charge is 0.462 e. The monoisotopic (exact) mass is 294 g/mol. The van der Waals surface area contributed by atoms with Gasteiger partial charge in [-0.15, -0.1) is 0 Å². The third-order valence-electron chi connectivity index (χ3n) is 2.91. The van der Waals surface area contributed by atoms with Crippen LogP contribution in [0.5, 0.6) is 0 Å². The number of hydrogen-bond donors (Lipinski definition) is 0. The average Bonchev–Trinajstić information content (AvgIpc) is 2.45. The van der Waals surface area contributed by atoms with Crippen molar-refractivity contribution in [3.05, 3.63) is 42.0 Å². The van der Waals surface area contributed by atoms with Crippen molar-refractivity contribution in [1.29, 1.82) is 0 Å². The fourth-order valence-corrected chi connectivity index (χ4v) is 3.40. The van der Waals surface area contributed by atoms with Gasteiger partial charge in [0.1, 0.15) is 0 Å². The number of carbonyl (C=O) groups is 1. The third-order valence-corrected chi connectivity index (χ3v) is 4.84. The Morgan fingerprint density at radius 1 is 1.25 bits per heavy atom. The fraction of sp³-hybridized carbons (Fsp3) is 0.400. The molecule has 0 aliphatic heterocycles. The molecule has 0 fully saturated rings. The predicted molar refractivity (Wildman–Crippen MR) is 81.3 cm³/mol. The van der Waals surface area contributed by atoms with Gasteiger partial charge in [0.2, 0.25) is 0 Å². The first-order chi connectivity index (χ1) is 9.60. The first-order valence-electron chi connectivity index (χ1n) is 6.56. The Hall–Kier alpha value is -1.43. The zero-order chi connectivity index (χ0) is 15.0. The summed E-state index contributed by atoms with van der Waals surface area (Å²) in [5, 5.41) is 1.14. The van der Waals surface area contributed by atoms with Crippen LogP contribution < -0.4 is 5.19 Å². The maximum absolute atomic E-state index is 11.3. The molecule has 0 saturated heterocycles. The summed E-state index contributed by atoms with van der Waals surface area (Å²) >= 11 is 0. The van der Waals surface area contributed by atoms with Gasteiger partial charge in [-0.3, -0.25) is 0 Å². The first-order valence-corrected chi connectivity index (χ1v) is 8.08. The highest BCUT2D eigenvalue weighted by Gasteiger charge is 2.16. The van der Waals surface area contributed by atoms with Crippen LogP contribution in [0.2, 0.25) is 0 Å². The second-order valence-corrected chi connectivity index (χ2v) is 6.75. The SMILES string of the molecule is C=C(C)C(=O)OCCCc1ccccc1[SiH](OC)OC. The molecule has 0 radical (unpaired) electrons. The van der Waals surface area contributed by atoms with E-state index in [0.717, 1.165) is 18.0 Å². The van der Waals surface area contributed by atoms with Crippen LogP contribution in [0.25, 0.3) is 0 Å². The Labute approximate surface area is 122 Å². The summed E-state index contributed by atoms with van der Waals surface area (Å²) in [7, 11) is 1.55. The van der Waals surface area contributed by atoms with E-state index < -0.39 is 9.28 Å². The lowest BCUT2D eigenvalue weighted by molar-refractivity contribution is -0.139. The number of carbonyl (C=O) groups excluding carboxylic acids is 1. The smallest absolute Gasteiger partial charge is 0.355 e. The second kappa shape index (κ2) is 8.68. The minimum atomic E-state index is -1.80. The Morgan fingerprint density at radius 2 is 1.90 bits per heavy atom. The number of esters is 1. The van der Waals surface area contributed by atoms with Gasteiger partial charge in [0.05, 0.1) is 6.61 Å². The van der Waals surface area contributed by atoms with Gasteiger partial charge in [-0.2, -0.15) is 0 Å². The average molecular weight is 294 g/mol. The van der Waals surface area contributed by atoms with Crippen LogP contribution >= 0.6 is 0 Å². The van der Waals surface area contributed by atoms with Crippen LogP contribution in [0.4, 0.5) is 0 Å². The van der Waals surface area contributed by atoms with Gasteiger partial charge in [-0.05, 0) is 30.5 Å². The summed E-state index contributed by atoms with van der Waals surface area (Å²) in [4.78, 5) is 11.3. The van der Waals surface area contributed by atoms with Gasteiger partial charge in [0.15, 0.2) is 0 Å². The molecule has 1 aromatic carbocycles. The van der Waals surface area contributed by atoms with Crippen molar-refractivity contribution >= 4 is 20.4 Å². The van der Waals surface area contributed by atoms with E-state index in [1.165, 1.54) is 5.56 Å². The molecular formula is C15H22O4Si. The molecule has 0 spiro atoms. The highest BCUT2D eigenvalue weighted by atomic mass is 28.3.